The molecule has 0 heterocycles. The molecule has 0 aliphatic heterocycles. The lowest BCUT2D eigenvalue weighted by molar-refractivity contribution is -0.158. The van der Waals surface area contributed by atoms with Crippen LogP contribution in [-0.4, -0.2) is 81.0 Å². The average molecular weight is 758 g/mol. The van der Waals surface area contributed by atoms with Crippen molar-refractivity contribution in [2.24, 2.45) is 16.7 Å². The van der Waals surface area contributed by atoms with E-state index in [1.54, 1.807) is 31.4 Å². The summed E-state index contributed by atoms with van der Waals surface area (Å²) in [6, 6.07) is 10.4. The van der Waals surface area contributed by atoms with Crippen LogP contribution in [0.25, 0.3) is 0 Å². The number of methoxy groups -OCH3 is 2. The summed E-state index contributed by atoms with van der Waals surface area (Å²) in [4.78, 5) is 53.1. The quantitative estimate of drug-likeness (QED) is 0.0741. The molecule has 0 radical (unpaired) electrons. The first-order chi connectivity index (χ1) is 25.0. The third-order valence-corrected chi connectivity index (χ3v) is 8.84. The summed E-state index contributed by atoms with van der Waals surface area (Å²) in [6.45, 7) is 16.1. The molecular weight excluding hydrogens is 702 g/mol. The van der Waals surface area contributed by atoms with Gasteiger partial charge in [0, 0.05) is 25.3 Å². The zero-order valence-corrected chi connectivity index (χ0v) is 32.7. The van der Waals surface area contributed by atoms with E-state index in [-0.39, 0.29) is 25.3 Å². The van der Waals surface area contributed by atoms with Crippen molar-refractivity contribution in [1.29, 1.82) is 0 Å². The van der Waals surface area contributed by atoms with Crippen molar-refractivity contribution >= 4 is 35.3 Å². The second-order valence-electron chi connectivity index (χ2n) is 14.5. The Morgan fingerprint density at radius 1 is 0.943 bits per heavy atom. The van der Waals surface area contributed by atoms with E-state index < -0.39 is 59.3 Å². The fourth-order valence-corrected chi connectivity index (χ4v) is 5.53. The monoisotopic (exact) mass is 757 g/mol. The first-order valence-corrected chi connectivity index (χ1v) is 17.8. The molecule has 1 unspecified atom stereocenters. The Hall–Kier alpha value is -4.39. The maximum Gasteiger partial charge on any atom is 0.328 e. The number of halogens is 1. The summed E-state index contributed by atoms with van der Waals surface area (Å²) in [7, 11) is 3.08. The van der Waals surface area contributed by atoms with E-state index in [9.17, 15) is 24.3 Å². The summed E-state index contributed by atoms with van der Waals surface area (Å²) < 4.78 is 22.3. The summed E-state index contributed by atoms with van der Waals surface area (Å²) in [5.41, 5.74) is -0.348. The van der Waals surface area contributed by atoms with Crippen molar-refractivity contribution < 1.29 is 43.2 Å². The lowest BCUT2D eigenvalue weighted by atomic mass is 9.86. The van der Waals surface area contributed by atoms with Crippen LogP contribution in [0, 0.1) is 16.7 Å². The van der Waals surface area contributed by atoms with Crippen LogP contribution in [0.4, 0.5) is 0 Å². The summed E-state index contributed by atoms with van der Waals surface area (Å²) in [6.07, 6.45) is 2.78. The van der Waals surface area contributed by atoms with Gasteiger partial charge in [-0.3, -0.25) is 14.4 Å². The first kappa shape index (κ1) is 44.8. The molecule has 53 heavy (non-hydrogen) atoms. The van der Waals surface area contributed by atoms with Gasteiger partial charge in [0.15, 0.2) is 0 Å². The lowest BCUT2D eigenvalue weighted by Crippen LogP contribution is -2.56. The maximum atomic E-state index is 13.8. The fraction of sp³-hybridized carbons (Fsp3) is 0.500. The standard InChI is InChI=1S/C40H56ClN3O9/c1-10-12-33(26(3)22-52-23-27-13-16-29(50-8)17-14-27)53-37(48)32(21-39(4,5)6)44-38(49)40(7,25-45)24-42-36(47)31(43-35(46)11-2)20-28-15-18-34(51-9)30(41)19-28/h10-11,13-19,26,31-33,45H,1-2,12,20-25H2,3-9H3,(H,42,47)(H,43,46)(H,44,49)/t26-,31-,32+,33+,40?/m1/s1. The predicted molar refractivity (Wildman–Crippen MR) is 205 cm³/mol. The molecule has 0 spiro atoms. The lowest BCUT2D eigenvalue weighted by Gasteiger charge is -2.33. The van der Waals surface area contributed by atoms with E-state index in [0.717, 1.165) is 17.4 Å². The van der Waals surface area contributed by atoms with Crippen molar-refractivity contribution in [1.82, 2.24) is 16.0 Å². The normalized spacial score (nSPS) is 14.7. The molecule has 0 bridgehead atoms. The van der Waals surface area contributed by atoms with Crippen LogP contribution < -0.4 is 25.4 Å². The molecule has 0 aliphatic rings. The van der Waals surface area contributed by atoms with Gasteiger partial charge in [0.2, 0.25) is 17.7 Å². The molecule has 3 amide bonds. The van der Waals surface area contributed by atoms with Crippen LogP contribution >= 0.6 is 11.6 Å². The summed E-state index contributed by atoms with van der Waals surface area (Å²) in [5, 5.41) is 18.8. The van der Waals surface area contributed by atoms with E-state index in [1.165, 1.54) is 14.0 Å². The Kier molecular flexibility index (Phi) is 18.0. The van der Waals surface area contributed by atoms with Gasteiger partial charge in [-0.25, -0.2) is 4.79 Å². The highest BCUT2D eigenvalue weighted by atomic mass is 35.5. The van der Waals surface area contributed by atoms with Gasteiger partial charge in [-0.1, -0.05) is 70.1 Å². The van der Waals surface area contributed by atoms with E-state index in [1.807, 2.05) is 52.0 Å². The van der Waals surface area contributed by atoms with Crippen molar-refractivity contribution in [3.63, 3.8) is 0 Å². The van der Waals surface area contributed by atoms with Gasteiger partial charge in [-0.05, 0) is 60.2 Å². The number of nitrogens with one attached hydrogen (secondary N) is 3. The van der Waals surface area contributed by atoms with Crippen molar-refractivity contribution in [3.8, 4) is 11.5 Å². The number of carbonyl (C=O) groups is 4. The Balaban J connectivity index is 2.15. The molecule has 13 heteroatoms. The highest BCUT2D eigenvalue weighted by Gasteiger charge is 2.38. The molecule has 4 N–H and O–H groups in total. The van der Waals surface area contributed by atoms with E-state index in [2.05, 4.69) is 29.1 Å². The van der Waals surface area contributed by atoms with E-state index in [0.29, 0.717) is 36.0 Å². The minimum atomic E-state index is -1.55. The van der Waals surface area contributed by atoms with Crippen molar-refractivity contribution in [2.75, 3.05) is 34.0 Å². The number of esters is 1. The van der Waals surface area contributed by atoms with Crippen LogP contribution in [0.3, 0.4) is 0 Å². The van der Waals surface area contributed by atoms with Crippen LogP contribution in [-0.2, 0) is 41.7 Å². The topological polar surface area (TPSA) is 162 Å². The number of carbonyl (C=O) groups excluding carboxylic acids is 4. The van der Waals surface area contributed by atoms with Crippen LogP contribution in [0.5, 0.6) is 11.5 Å². The fourth-order valence-electron chi connectivity index (χ4n) is 5.25. The third kappa shape index (κ3) is 14.9. The smallest absolute Gasteiger partial charge is 0.328 e. The van der Waals surface area contributed by atoms with Crippen molar-refractivity contribution in [3.05, 3.63) is 83.9 Å². The molecule has 0 saturated carbocycles. The van der Waals surface area contributed by atoms with E-state index in [4.69, 9.17) is 30.5 Å². The number of aliphatic hydroxyl groups is 1. The zero-order valence-electron chi connectivity index (χ0n) is 32.0. The largest absolute Gasteiger partial charge is 0.497 e. The summed E-state index contributed by atoms with van der Waals surface area (Å²) >= 11 is 6.26. The van der Waals surface area contributed by atoms with Gasteiger partial charge in [0.25, 0.3) is 0 Å². The number of benzene rings is 2. The van der Waals surface area contributed by atoms with Gasteiger partial charge in [0.05, 0.1) is 44.5 Å². The molecule has 0 fully saturated rings. The van der Waals surface area contributed by atoms with Gasteiger partial charge in [0.1, 0.15) is 29.7 Å². The van der Waals surface area contributed by atoms with Gasteiger partial charge < -0.3 is 40.0 Å². The highest BCUT2D eigenvalue weighted by molar-refractivity contribution is 6.32. The Morgan fingerprint density at radius 3 is 2.15 bits per heavy atom. The van der Waals surface area contributed by atoms with Gasteiger partial charge in [-0.15, -0.1) is 6.58 Å². The number of aliphatic hydroxyl groups excluding tert-OH is 1. The maximum absolute atomic E-state index is 13.8. The zero-order chi connectivity index (χ0) is 39.8. The molecular formula is C40H56ClN3O9. The molecule has 0 saturated heterocycles. The summed E-state index contributed by atoms with van der Waals surface area (Å²) in [5.74, 6) is -1.51. The van der Waals surface area contributed by atoms with Crippen LogP contribution in [0.2, 0.25) is 5.02 Å². The first-order valence-electron chi connectivity index (χ1n) is 17.5. The van der Waals surface area contributed by atoms with Crippen molar-refractivity contribution in [2.45, 2.75) is 78.7 Å². The molecule has 0 aliphatic carbocycles. The predicted octanol–water partition coefficient (Wildman–Crippen LogP) is 4.95. The molecule has 0 aromatic heterocycles. The average Bonchev–Trinajstić information content (AvgIpc) is 3.12. The molecule has 12 nitrogen and oxygen atoms in total. The number of rotatable bonds is 22. The Morgan fingerprint density at radius 2 is 1.60 bits per heavy atom. The molecule has 2 aromatic rings. The number of hydrogen-bond donors (Lipinski definition) is 4. The van der Waals surface area contributed by atoms with E-state index >= 15 is 0 Å². The molecule has 2 rings (SSSR count). The molecule has 2 aromatic carbocycles. The van der Waals surface area contributed by atoms with Gasteiger partial charge >= 0.3 is 5.97 Å². The Bertz CT molecular complexity index is 1540. The second-order valence-corrected chi connectivity index (χ2v) is 14.9. The van der Waals surface area contributed by atoms with Gasteiger partial charge in [-0.2, -0.15) is 0 Å². The highest BCUT2D eigenvalue weighted by Crippen LogP contribution is 2.27. The third-order valence-electron chi connectivity index (χ3n) is 8.54. The van der Waals surface area contributed by atoms with Crippen LogP contribution in [0.1, 0.15) is 58.6 Å². The minimum absolute atomic E-state index is 0.0630. The number of amides is 3. The minimum Gasteiger partial charge on any atom is -0.497 e. The number of ether oxygens (including phenoxy) is 4. The second kappa shape index (κ2) is 21.3. The number of hydrogen-bond acceptors (Lipinski definition) is 9. The molecule has 292 valence electrons. The molecule has 5 atom stereocenters. The Labute approximate surface area is 318 Å². The van der Waals surface area contributed by atoms with Crippen LogP contribution in [0.15, 0.2) is 67.8 Å². The SMILES string of the molecule is C=CC[C@H](OC(=O)[C@H](CC(C)(C)C)NC(=O)C(C)(CO)CNC(=O)[C@@H](Cc1ccc(OC)c(Cl)c1)NC(=O)C=C)[C@H](C)COCc1ccc(OC)cc1.